The third-order valence-electron chi connectivity index (χ3n) is 4.12. The lowest BCUT2D eigenvalue weighted by Gasteiger charge is -2.32. The van der Waals surface area contributed by atoms with Crippen molar-refractivity contribution in [2.45, 2.75) is 45.2 Å². The largest absolute Gasteiger partial charge is 0.381 e. The molecule has 2 aliphatic heterocycles. The van der Waals surface area contributed by atoms with Crippen LogP contribution >= 0.6 is 11.8 Å². The number of nitrogens with one attached hydrogen (secondary N) is 1. The van der Waals surface area contributed by atoms with Crippen LogP contribution in [0.1, 0.15) is 42.8 Å². The second-order valence-corrected chi connectivity index (χ2v) is 6.62. The Morgan fingerprint density at radius 2 is 2.10 bits per heavy atom. The predicted molar refractivity (Wildman–Crippen MR) is 80.2 cm³/mol. The molecule has 0 aliphatic carbocycles. The average Bonchev–Trinajstić information content (AvgIpc) is 2.95. The summed E-state index contributed by atoms with van der Waals surface area (Å²) in [6.07, 6.45) is 2.14. The van der Waals surface area contributed by atoms with Crippen molar-refractivity contribution >= 4 is 16.9 Å². The fraction of sp³-hybridized carbons (Fsp3) is 0.714. The molecule has 6 heteroatoms. The van der Waals surface area contributed by atoms with Crippen molar-refractivity contribution < 1.29 is 9.26 Å². The average molecular weight is 295 g/mol. The molecule has 1 unspecified atom stereocenters. The van der Waals surface area contributed by atoms with Gasteiger partial charge in [-0.2, -0.15) is 0 Å². The zero-order valence-electron chi connectivity index (χ0n) is 12.2. The number of aryl methyl sites for hydroxylation is 2. The Morgan fingerprint density at radius 3 is 2.75 bits per heavy atom. The van der Waals surface area contributed by atoms with E-state index in [4.69, 9.17) is 14.3 Å². The second-order valence-electron chi connectivity index (χ2n) is 5.65. The maximum Gasteiger partial charge on any atom is 0.157 e. The standard InChI is InChI=1S/C14H21N3O2S/c1-9(12-10(2)17-19-11(12)3)15-13-16-14(8-20-13)4-6-18-7-5-14/h9H,4-8H2,1-3H3,(H,15,16). The number of aliphatic imine (C=N–C) groups is 1. The SMILES string of the molecule is Cc1noc(C)c1C(C)N=C1NC2(CCOCC2)CS1. The quantitative estimate of drug-likeness (QED) is 0.908. The van der Waals surface area contributed by atoms with Crippen molar-refractivity contribution in [2.24, 2.45) is 4.99 Å². The van der Waals surface area contributed by atoms with Gasteiger partial charge in [-0.05, 0) is 33.6 Å². The van der Waals surface area contributed by atoms with Gasteiger partial charge in [-0.1, -0.05) is 16.9 Å². The first-order valence-corrected chi connectivity index (χ1v) is 8.07. The minimum Gasteiger partial charge on any atom is -0.381 e. The first-order valence-electron chi connectivity index (χ1n) is 7.09. The van der Waals surface area contributed by atoms with Crippen molar-refractivity contribution in [1.82, 2.24) is 10.5 Å². The molecule has 1 atom stereocenters. The van der Waals surface area contributed by atoms with Crippen molar-refractivity contribution in [3.05, 3.63) is 17.0 Å². The lowest BCUT2D eigenvalue weighted by atomic mass is 9.93. The predicted octanol–water partition coefficient (Wildman–Crippen LogP) is 2.59. The molecule has 2 fully saturated rings. The minimum absolute atomic E-state index is 0.0752. The number of thioether (sulfide) groups is 1. The molecule has 0 saturated carbocycles. The van der Waals surface area contributed by atoms with Gasteiger partial charge in [-0.15, -0.1) is 0 Å². The van der Waals surface area contributed by atoms with E-state index in [9.17, 15) is 0 Å². The normalized spacial score (nSPS) is 25.1. The first kappa shape index (κ1) is 13.9. The van der Waals surface area contributed by atoms with E-state index in [1.807, 2.05) is 25.6 Å². The topological polar surface area (TPSA) is 59.7 Å². The van der Waals surface area contributed by atoms with E-state index < -0.39 is 0 Å². The summed E-state index contributed by atoms with van der Waals surface area (Å²) >= 11 is 1.82. The van der Waals surface area contributed by atoms with Gasteiger partial charge in [-0.25, -0.2) is 0 Å². The van der Waals surface area contributed by atoms with E-state index in [0.717, 1.165) is 54.0 Å². The maximum atomic E-state index is 5.45. The van der Waals surface area contributed by atoms with Gasteiger partial charge in [0.2, 0.25) is 0 Å². The number of rotatable bonds is 2. The van der Waals surface area contributed by atoms with Crippen LogP contribution in [0.15, 0.2) is 9.52 Å². The Morgan fingerprint density at radius 1 is 1.35 bits per heavy atom. The van der Waals surface area contributed by atoms with Crippen molar-refractivity contribution in [1.29, 1.82) is 0 Å². The molecule has 110 valence electrons. The highest BCUT2D eigenvalue weighted by atomic mass is 32.2. The lowest BCUT2D eigenvalue weighted by molar-refractivity contribution is 0.0555. The number of aromatic nitrogens is 1. The second kappa shape index (κ2) is 5.41. The summed E-state index contributed by atoms with van der Waals surface area (Å²) in [4.78, 5) is 4.82. The Balaban J connectivity index is 1.74. The molecule has 0 radical (unpaired) electrons. The van der Waals surface area contributed by atoms with Crippen LogP contribution in [0.2, 0.25) is 0 Å². The van der Waals surface area contributed by atoms with E-state index in [2.05, 4.69) is 17.4 Å². The van der Waals surface area contributed by atoms with Crippen LogP contribution in [0.25, 0.3) is 0 Å². The van der Waals surface area contributed by atoms with Crippen LogP contribution in [0.5, 0.6) is 0 Å². The number of hydrogen-bond acceptors (Lipinski definition) is 5. The summed E-state index contributed by atoms with van der Waals surface area (Å²) < 4.78 is 10.7. The highest BCUT2D eigenvalue weighted by Crippen LogP contribution is 2.33. The highest BCUT2D eigenvalue weighted by Gasteiger charge is 2.38. The minimum atomic E-state index is 0.0752. The molecule has 1 N–H and O–H groups in total. The molecule has 1 aromatic heterocycles. The molecule has 1 spiro atoms. The van der Waals surface area contributed by atoms with Crippen LogP contribution in [0, 0.1) is 13.8 Å². The van der Waals surface area contributed by atoms with Gasteiger partial charge in [0, 0.05) is 24.5 Å². The zero-order valence-corrected chi connectivity index (χ0v) is 13.0. The molecular weight excluding hydrogens is 274 g/mol. The van der Waals surface area contributed by atoms with E-state index in [0.29, 0.717) is 0 Å². The molecule has 3 rings (SSSR count). The molecule has 5 nitrogen and oxygen atoms in total. The molecule has 0 bridgehead atoms. The summed E-state index contributed by atoms with van der Waals surface area (Å²) in [7, 11) is 0. The fourth-order valence-corrected chi connectivity index (χ4v) is 4.23. The Hall–Kier alpha value is -1.01. The van der Waals surface area contributed by atoms with Crippen LogP contribution in [0.3, 0.4) is 0 Å². The van der Waals surface area contributed by atoms with Crippen LogP contribution in [0.4, 0.5) is 0 Å². The zero-order chi connectivity index (χ0) is 14.2. The third-order valence-corrected chi connectivity index (χ3v) is 5.30. The van der Waals surface area contributed by atoms with Gasteiger partial charge in [0.25, 0.3) is 0 Å². The summed E-state index contributed by atoms with van der Waals surface area (Å²) in [5, 5.41) is 8.67. The van der Waals surface area contributed by atoms with E-state index in [1.54, 1.807) is 0 Å². The number of nitrogens with zero attached hydrogens (tertiary/aromatic N) is 2. The number of hydrogen-bond donors (Lipinski definition) is 1. The maximum absolute atomic E-state index is 5.45. The molecule has 0 aromatic carbocycles. The van der Waals surface area contributed by atoms with E-state index in [1.165, 1.54) is 0 Å². The van der Waals surface area contributed by atoms with E-state index in [-0.39, 0.29) is 11.6 Å². The van der Waals surface area contributed by atoms with Gasteiger partial charge < -0.3 is 14.6 Å². The van der Waals surface area contributed by atoms with Crippen LogP contribution < -0.4 is 5.32 Å². The van der Waals surface area contributed by atoms with Gasteiger partial charge >= 0.3 is 0 Å². The van der Waals surface area contributed by atoms with Gasteiger partial charge in [0.15, 0.2) is 5.17 Å². The first-order chi connectivity index (χ1) is 9.60. The fourth-order valence-electron chi connectivity index (χ4n) is 2.93. The third kappa shape index (κ3) is 2.59. The van der Waals surface area contributed by atoms with Crippen LogP contribution in [-0.4, -0.2) is 34.8 Å². The van der Waals surface area contributed by atoms with Crippen molar-refractivity contribution in [3.8, 4) is 0 Å². The molecule has 20 heavy (non-hydrogen) atoms. The summed E-state index contributed by atoms with van der Waals surface area (Å²) in [6.45, 7) is 7.70. The molecule has 2 aliphatic rings. The van der Waals surface area contributed by atoms with E-state index >= 15 is 0 Å². The van der Waals surface area contributed by atoms with Crippen molar-refractivity contribution in [2.75, 3.05) is 19.0 Å². The monoisotopic (exact) mass is 295 g/mol. The highest BCUT2D eigenvalue weighted by molar-refractivity contribution is 8.14. The number of ether oxygens (including phenoxy) is 1. The Bertz CT molecular complexity index is 501. The van der Waals surface area contributed by atoms with Gasteiger partial charge in [-0.3, -0.25) is 4.99 Å². The number of amidine groups is 1. The Labute approximate surface area is 123 Å². The molecule has 3 heterocycles. The smallest absolute Gasteiger partial charge is 0.157 e. The molecule has 0 amide bonds. The Kier molecular flexibility index (Phi) is 3.77. The van der Waals surface area contributed by atoms with Crippen molar-refractivity contribution in [3.63, 3.8) is 0 Å². The van der Waals surface area contributed by atoms with Gasteiger partial charge in [0.05, 0.1) is 17.3 Å². The lowest BCUT2D eigenvalue weighted by Crippen LogP contribution is -2.48. The van der Waals surface area contributed by atoms with Crippen LogP contribution in [-0.2, 0) is 4.74 Å². The molecular formula is C14H21N3O2S. The summed E-state index contributed by atoms with van der Waals surface area (Å²) in [6, 6.07) is 0.0752. The summed E-state index contributed by atoms with van der Waals surface area (Å²) in [5.41, 5.74) is 2.23. The molecule has 1 aromatic rings. The molecule has 2 saturated heterocycles. The van der Waals surface area contributed by atoms with Gasteiger partial charge in [0.1, 0.15) is 5.76 Å². The summed E-state index contributed by atoms with van der Waals surface area (Å²) in [5.74, 6) is 1.95.